The molecule has 1 unspecified atom stereocenters. The molecule has 3 nitrogen and oxygen atoms in total. The molecule has 0 bridgehead atoms. The molecule has 1 heterocycles. The maximum Gasteiger partial charge on any atom is 0.0897 e. The summed E-state index contributed by atoms with van der Waals surface area (Å²) in [6.45, 7) is 1.47. The molecule has 1 atom stereocenters. The summed E-state index contributed by atoms with van der Waals surface area (Å²) in [6.07, 6.45) is 1.95. The van der Waals surface area contributed by atoms with E-state index < -0.39 is 6.10 Å². The van der Waals surface area contributed by atoms with Crippen LogP contribution in [0.4, 0.5) is 0 Å². The third-order valence-corrected chi connectivity index (χ3v) is 4.66. The summed E-state index contributed by atoms with van der Waals surface area (Å²) in [7, 11) is 0. The molecule has 2 rings (SSSR count). The summed E-state index contributed by atoms with van der Waals surface area (Å²) in [5.74, 6) is 2.45. The molecule has 0 aromatic heterocycles. The highest BCUT2D eigenvalue weighted by atomic mass is 35.5. The fraction of sp³-hybridized carbons (Fsp3) is 0.600. The molecular weight excluding hydrogens is 294 g/mol. The van der Waals surface area contributed by atoms with Crippen LogP contribution in [0, 0.1) is 0 Å². The Balaban J connectivity index is 1.57. The van der Waals surface area contributed by atoms with E-state index in [2.05, 4.69) is 5.32 Å². The maximum absolute atomic E-state index is 9.89. The van der Waals surface area contributed by atoms with Gasteiger partial charge >= 0.3 is 0 Å². The summed E-state index contributed by atoms with van der Waals surface area (Å²) >= 11 is 7.83. The largest absolute Gasteiger partial charge is 0.389 e. The number of aliphatic hydroxyl groups excluding tert-OH is 1. The van der Waals surface area contributed by atoms with Gasteiger partial charge in [0.05, 0.1) is 19.3 Å². The van der Waals surface area contributed by atoms with Gasteiger partial charge in [0.25, 0.3) is 0 Å². The number of benzene rings is 1. The Morgan fingerprint density at radius 3 is 2.70 bits per heavy atom. The van der Waals surface area contributed by atoms with Crippen LogP contribution >= 0.6 is 23.4 Å². The first-order valence-corrected chi connectivity index (χ1v) is 8.58. The summed E-state index contributed by atoms with van der Waals surface area (Å²) in [5.41, 5.74) is 1.07. The van der Waals surface area contributed by atoms with Crippen LogP contribution in [-0.4, -0.2) is 41.9 Å². The Morgan fingerprint density at radius 1 is 1.30 bits per heavy atom. The third-order valence-electron chi connectivity index (χ3n) is 3.36. The SMILES string of the molecule is OC(CNC1CCSCC1)COCc1ccc(Cl)cc1. The highest BCUT2D eigenvalue weighted by molar-refractivity contribution is 7.99. The van der Waals surface area contributed by atoms with Crippen LogP contribution < -0.4 is 5.32 Å². The van der Waals surface area contributed by atoms with Crippen molar-refractivity contribution in [1.82, 2.24) is 5.32 Å². The Labute approximate surface area is 130 Å². The molecular formula is C15H22ClNO2S. The van der Waals surface area contributed by atoms with Crippen molar-refractivity contribution >= 4 is 23.4 Å². The number of thioether (sulfide) groups is 1. The topological polar surface area (TPSA) is 41.5 Å². The number of hydrogen-bond acceptors (Lipinski definition) is 4. The predicted molar refractivity (Wildman–Crippen MR) is 85.5 cm³/mol. The highest BCUT2D eigenvalue weighted by Crippen LogP contribution is 2.16. The minimum atomic E-state index is -0.447. The van der Waals surface area contributed by atoms with Gasteiger partial charge in [0.15, 0.2) is 0 Å². The first-order chi connectivity index (χ1) is 9.74. The fourth-order valence-corrected chi connectivity index (χ4v) is 3.39. The molecule has 1 saturated heterocycles. The molecule has 1 fully saturated rings. The molecule has 5 heteroatoms. The van der Waals surface area contributed by atoms with Crippen molar-refractivity contribution in [2.45, 2.75) is 31.6 Å². The lowest BCUT2D eigenvalue weighted by molar-refractivity contribution is 0.0275. The lowest BCUT2D eigenvalue weighted by atomic mass is 10.1. The second-order valence-electron chi connectivity index (χ2n) is 5.09. The van der Waals surface area contributed by atoms with Crippen LogP contribution in [0.2, 0.25) is 5.02 Å². The van der Waals surface area contributed by atoms with Crippen molar-refractivity contribution in [3.63, 3.8) is 0 Å². The maximum atomic E-state index is 9.89. The molecule has 1 aromatic carbocycles. The zero-order chi connectivity index (χ0) is 14.2. The number of halogens is 1. The molecule has 1 aliphatic rings. The molecule has 0 saturated carbocycles. The Kier molecular flexibility index (Phi) is 7.17. The van der Waals surface area contributed by atoms with E-state index in [-0.39, 0.29) is 0 Å². The van der Waals surface area contributed by atoms with Crippen molar-refractivity contribution in [2.75, 3.05) is 24.7 Å². The quantitative estimate of drug-likeness (QED) is 0.812. The third kappa shape index (κ3) is 6.02. The van der Waals surface area contributed by atoms with E-state index in [4.69, 9.17) is 16.3 Å². The van der Waals surface area contributed by atoms with Crippen LogP contribution in [0.3, 0.4) is 0 Å². The van der Waals surface area contributed by atoms with E-state index in [1.807, 2.05) is 36.0 Å². The number of hydrogen-bond donors (Lipinski definition) is 2. The van der Waals surface area contributed by atoms with Gasteiger partial charge in [-0.3, -0.25) is 0 Å². The van der Waals surface area contributed by atoms with Gasteiger partial charge in [0.2, 0.25) is 0 Å². The minimum Gasteiger partial charge on any atom is -0.389 e. The van der Waals surface area contributed by atoms with Crippen LogP contribution in [0.15, 0.2) is 24.3 Å². The van der Waals surface area contributed by atoms with Gasteiger partial charge in [0.1, 0.15) is 0 Å². The molecule has 0 aliphatic carbocycles. The predicted octanol–water partition coefficient (Wildman–Crippen LogP) is 2.70. The molecule has 2 N–H and O–H groups in total. The summed E-state index contributed by atoms with van der Waals surface area (Å²) in [4.78, 5) is 0. The molecule has 0 amide bonds. The first kappa shape index (κ1) is 16.1. The van der Waals surface area contributed by atoms with Crippen LogP contribution in [0.1, 0.15) is 18.4 Å². The second kappa shape index (κ2) is 8.90. The van der Waals surface area contributed by atoms with E-state index in [0.717, 1.165) is 10.6 Å². The summed E-state index contributed by atoms with van der Waals surface area (Å²) < 4.78 is 5.52. The standard InChI is InChI=1S/C15H22ClNO2S/c16-13-3-1-12(2-4-13)10-19-11-15(18)9-17-14-5-7-20-8-6-14/h1-4,14-15,17-18H,5-11H2. The monoisotopic (exact) mass is 315 g/mol. The average Bonchev–Trinajstić information content (AvgIpc) is 2.48. The van der Waals surface area contributed by atoms with Crippen molar-refractivity contribution in [1.29, 1.82) is 0 Å². The average molecular weight is 316 g/mol. The zero-order valence-corrected chi connectivity index (χ0v) is 13.1. The number of nitrogens with one attached hydrogen (secondary N) is 1. The van der Waals surface area contributed by atoms with Crippen molar-refractivity contribution in [2.24, 2.45) is 0 Å². The summed E-state index contributed by atoms with van der Waals surface area (Å²) in [6, 6.07) is 8.12. The van der Waals surface area contributed by atoms with Gasteiger partial charge in [0, 0.05) is 17.6 Å². The van der Waals surface area contributed by atoms with Gasteiger partial charge in [-0.15, -0.1) is 0 Å². The van der Waals surface area contributed by atoms with Crippen LogP contribution in [-0.2, 0) is 11.3 Å². The lowest BCUT2D eigenvalue weighted by Gasteiger charge is -2.24. The number of ether oxygens (including phenoxy) is 1. The molecule has 1 aromatic rings. The smallest absolute Gasteiger partial charge is 0.0897 e. The van der Waals surface area contributed by atoms with E-state index in [1.165, 1.54) is 24.3 Å². The number of aliphatic hydroxyl groups is 1. The molecule has 0 radical (unpaired) electrons. The Hall–Kier alpha value is -0.260. The highest BCUT2D eigenvalue weighted by Gasteiger charge is 2.14. The second-order valence-corrected chi connectivity index (χ2v) is 6.75. The van der Waals surface area contributed by atoms with Gasteiger partial charge in [-0.25, -0.2) is 0 Å². The van der Waals surface area contributed by atoms with Gasteiger partial charge in [-0.1, -0.05) is 23.7 Å². The Bertz CT molecular complexity index is 382. The van der Waals surface area contributed by atoms with Gasteiger partial charge in [-0.2, -0.15) is 11.8 Å². The van der Waals surface area contributed by atoms with E-state index in [1.54, 1.807) is 0 Å². The fourth-order valence-electron chi connectivity index (χ4n) is 2.16. The summed E-state index contributed by atoms with van der Waals surface area (Å²) in [5, 5.41) is 14.0. The van der Waals surface area contributed by atoms with E-state index in [9.17, 15) is 5.11 Å². The van der Waals surface area contributed by atoms with Crippen molar-refractivity contribution in [3.05, 3.63) is 34.9 Å². The van der Waals surface area contributed by atoms with E-state index >= 15 is 0 Å². The first-order valence-electron chi connectivity index (χ1n) is 7.05. The van der Waals surface area contributed by atoms with Crippen LogP contribution in [0.25, 0.3) is 0 Å². The number of rotatable bonds is 7. The van der Waals surface area contributed by atoms with Gasteiger partial charge < -0.3 is 15.2 Å². The van der Waals surface area contributed by atoms with Crippen molar-refractivity contribution in [3.8, 4) is 0 Å². The molecule has 20 heavy (non-hydrogen) atoms. The Morgan fingerprint density at radius 2 is 2.00 bits per heavy atom. The molecule has 112 valence electrons. The lowest BCUT2D eigenvalue weighted by Crippen LogP contribution is -2.39. The zero-order valence-electron chi connectivity index (χ0n) is 11.6. The van der Waals surface area contributed by atoms with E-state index in [0.29, 0.717) is 25.8 Å². The normalized spacial score (nSPS) is 18.1. The molecule has 0 spiro atoms. The van der Waals surface area contributed by atoms with Crippen LogP contribution in [0.5, 0.6) is 0 Å². The minimum absolute atomic E-state index is 0.358. The van der Waals surface area contributed by atoms with Crippen molar-refractivity contribution < 1.29 is 9.84 Å². The molecule has 1 aliphatic heterocycles. The van der Waals surface area contributed by atoms with Gasteiger partial charge in [-0.05, 0) is 42.0 Å².